The second-order valence-electron chi connectivity index (χ2n) is 5.94. The smallest absolute Gasteiger partial charge is 0.252 e. The Bertz CT molecular complexity index is 1060. The predicted molar refractivity (Wildman–Crippen MR) is 103 cm³/mol. The van der Waals surface area contributed by atoms with Crippen molar-refractivity contribution < 1.29 is 9.18 Å². The van der Waals surface area contributed by atoms with Crippen LogP contribution in [0.2, 0.25) is 5.02 Å². The molecule has 0 atom stereocenters. The van der Waals surface area contributed by atoms with Crippen molar-refractivity contribution in [1.82, 2.24) is 10.3 Å². The Labute approximate surface area is 160 Å². The van der Waals surface area contributed by atoms with E-state index in [1.165, 1.54) is 18.3 Å². The second-order valence-corrected chi connectivity index (χ2v) is 6.35. The summed E-state index contributed by atoms with van der Waals surface area (Å²) in [5, 5.41) is 16.1. The first-order chi connectivity index (χ1) is 13.0. The van der Waals surface area contributed by atoms with Gasteiger partial charge in [-0.15, -0.1) is 0 Å². The van der Waals surface area contributed by atoms with E-state index in [9.17, 15) is 14.4 Å². The average Bonchev–Trinajstić information content (AvgIpc) is 2.65. The number of carbonyl (C=O) groups is 1. The lowest BCUT2D eigenvalue weighted by Crippen LogP contribution is -2.29. The van der Waals surface area contributed by atoms with Crippen LogP contribution in [0.1, 0.15) is 21.5 Å². The van der Waals surface area contributed by atoms with Crippen LogP contribution in [0.4, 0.5) is 10.1 Å². The highest BCUT2D eigenvalue weighted by atomic mass is 35.5. The van der Waals surface area contributed by atoms with Crippen LogP contribution in [-0.4, -0.2) is 24.0 Å². The van der Waals surface area contributed by atoms with Crippen molar-refractivity contribution in [2.75, 3.05) is 18.4 Å². The molecule has 0 aliphatic rings. The fourth-order valence-corrected chi connectivity index (χ4v) is 3.04. The number of hydrogen-bond donors (Lipinski definition) is 2. The minimum atomic E-state index is -0.396. The molecule has 0 spiro atoms. The zero-order valence-electron chi connectivity index (χ0n) is 14.5. The molecule has 3 rings (SSSR count). The molecule has 0 saturated carbocycles. The molecular weight excluding hydrogens is 367 g/mol. The van der Waals surface area contributed by atoms with E-state index in [0.29, 0.717) is 51.4 Å². The number of benzene rings is 2. The number of nitrogens with one attached hydrogen (secondary N) is 2. The van der Waals surface area contributed by atoms with Crippen molar-refractivity contribution in [1.29, 1.82) is 5.26 Å². The van der Waals surface area contributed by atoms with E-state index in [2.05, 4.69) is 21.7 Å². The number of halogens is 2. The van der Waals surface area contributed by atoms with Gasteiger partial charge < -0.3 is 10.6 Å². The van der Waals surface area contributed by atoms with Gasteiger partial charge in [0.25, 0.3) is 5.91 Å². The molecule has 7 heteroatoms. The zero-order chi connectivity index (χ0) is 19.4. The lowest BCUT2D eigenvalue weighted by molar-refractivity contribution is 0.0955. The highest BCUT2D eigenvalue weighted by Crippen LogP contribution is 2.28. The molecule has 0 saturated heterocycles. The minimum Gasteiger partial charge on any atom is -0.382 e. The van der Waals surface area contributed by atoms with E-state index in [4.69, 9.17) is 11.6 Å². The fourth-order valence-electron chi connectivity index (χ4n) is 2.82. The molecule has 2 N–H and O–H groups in total. The summed E-state index contributed by atoms with van der Waals surface area (Å²) >= 11 is 6.01. The quantitative estimate of drug-likeness (QED) is 0.652. The average molecular weight is 383 g/mol. The standard InChI is InChI=1S/C20H16ClFN4O/c1-12-8-14(22)9-16-18(12)26-11-13(10-23)19(16)24-6-7-25-20(27)15-4-2-3-5-17(15)21/h2-5,8-9,11H,6-7H2,1H3,(H,24,26)(H,25,27). The van der Waals surface area contributed by atoms with Crippen LogP contribution >= 0.6 is 11.6 Å². The number of rotatable bonds is 5. The largest absolute Gasteiger partial charge is 0.382 e. The molecule has 1 heterocycles. The molecule has 1 amide bonds. The lowest BCUT2D eigenvalue weighted by atomic mass is 10.1. The Balaban J connectivity index is 1.74. The van der Waals surface area contributed by atoms with E-state index >= 15 is 0 Å². The highest BCUT2D eigenvalue weighted by Gasteiger charge is 2.12. The molecule has 3 aromatic rings. The van der Waals surface area contributed by atoms with Gasteiger partial charge in [-0.2, -0.15) is 5.26 Å². The molecule has 136 valence electrons. The Morgan fingerprint density at radius 3 is 2.81 bits per heavy atom. The highest BCUT2D eigenvalue weighted by molar-refractivity contribution is 6.33. The van der Waals surface area contributed by atoms with E-state index < -0.39 is 5.82 Å². The molecule has 0 aliphatic heterocycles. The van der Waals surface area contributed by atoms with Gasteiger partial charge in [0.2, 0.25) is 0 Å². The van der Waals surface area contributed by atoms with Crippen molar-refractivity contribution in [2.24, 2.45) is 0 Å². The third kappa shape index (κ3) is 3.99. The molecule has 0 aliphatic carbocycles. The number of aryl methyl sites for hydroxylation is 1. The van der Waals surface area contributed by atoms with Gasteiger partial charge >= 0.3 is 0 Å². The summed E-state index contributed by atoms with van der Waals surface area (Å²) < 4.78 is 13.8. The first-order valence-electron chi connectivity index (χ1n) is 8.27. The maximum absolute atomic E-state index is 13.8. The molecule has 5 nitrogen and oxygen atoms in total. The summed E-state index contributed by atoms with van der Waals surface area (Å²) in [6, 6.07) is 11.6. The monoisotopic (exact) mass is 382 g/mol. The van der Waals surface area contributed by atoms with Gasteiger partial charge in [0.05, 0.1) is 27.4 Å². The molecule has 2 aromatic carbocycles. The fraction of sp³-hybridized carbons (Fsp3) is 0.150. The molecule has 0 bridgehead atoms. The predicted octanol–water partition coefficient (Wildman–Crippen LogP) is 4.05. The van der Waals surface area contributed by atoms with Crippen LogP contribution in [0.15, 0.2) is 42.6 Å². The normalized spacial score (nSPS) is 10.4. The van der Waals surface area contributed by atoms with Crippen molar-refractivity contribution in [3.05, 3.63) is 70.1 Å². The summed E-state index contributed by atoms with van der Waals surface area (Å²) in [5.74, 6) is -0.684. The maximum Gasteiger partial charge on any atom is 0.252 e. The van der Waals surface area contributed by atoms with Gasteiger partial charge in [-0.05, 0) is 36.8 Å². The summed E-state index contributed by atoms with van der Waals surface area (Å²) in [6.07, 6.45) is 1.46. The van der Waals surface area contributed by atoms with Gasteiger partial charge in [-0.1, -0.05) is 23.7 Å². The molecule has 1 aromatic heterocycles. The van der Waals surface area contributed by atoms with E-state index in [0.717, 1.165) is 0 Å². The Morgan fingerprint density at radius 1 is 1.30 bits per heavy atom. The summed E-state index contributed by atoms with van der Waals surface area (Å²) in [7, 11) is 0. The molecule has 0 radical (unpaired) electrons. The van der Waals surface area contributed by atoms with Crippen LogP contribution < -0.4 is 10.6 Å². The topological polar surface area (TPSA) is 77.8 Å². The third-order valence-electron chi connectivity index (χ3n) is 4.08. The molecule has 27 heavy (non-hydrogen) atoms. The second kappa shape index (κ2) is 8.02. The summed E-state index contributed by atoms with van der Waals surface area (Å²) in [4.78, 5) is 16.4. The van der Waals surface area contributed by atoms with Crippen LogP contribution in [0.25, 0.3) is 10.9 Å². The molecule has 0 unspecified atom stereocenters. The minimum absolute atomic E-state index is 0.288. The number of amides is 1. The van der Waals surface area contributed by atoms with E-state index in [1.54, 1.807) is 31.2 Å². The summed E-state index contributed by atoms with van der Waals surface area (Å²) in [5.41, 5.74) is 2.51. The maximum atomic E-state index is 13.8. The van der Waals surface area contributed by atoms with Crippen molar-refractivity contribution >= 4 is 34.1 Å². The lowest BCUT2D eigenvalue weighted by Gasteiger charge is -2.13. The van der Waals surface area contributed by atoms with Gasteiger partial charge in [-0.3, -0.25) is 9.78 Å². The first-order valence-corrected chi connectivity index (χ1v) is 8.64. The van der Waals surface area contributed by atoms with Gasteiger partial charge in [0, 0.05) is 24.7 Å². The molecular formula is C20H16ClFN4O. The number of nitriles is 1. The number of pyridine rings is 1. The Hall–Kier alpha value is -3.17. The van der Waals surface area contributed by atoms with Crippen molar-refractivity contribution in [2.45, 2.75) is 6.92 Å². The van der Waals surface area contributed by atoms with Gasteiger partial charge in [0.1, 0.15) is 11.9 Å². The zero-order valence-corrected chi connectivity index (χ0v) is 15.3. The SMILES string of the molecule is Cc1cc(F)cc2c(NCCNC(=O)c3ccccc3Cl)c(C#N)cnc12. The summed E-state index contributed by atoms with van der Waals surface area (Å²) in [6.45, 7) is 2.41. The number of hydrogen-bond acceptors (Lipinski definition) is 4. The Morgan fingerprint density at radius 2 is 2.07 bits per heavy atom. The number of nitrogens with zero attached hydrogens (tertiary/aromatic N) is 2. The Kier molecular flexibility index (Phi) is 5.53. The number of aromatic nitrogens is 1. The van der Waals surface area contributed by atoms with Gasteiger partial charge in [-0.25, -0.2) is 4.39 Å². The van der Waals surface area contributed by atoms with Crippen molar-refractivity contribution in [3.8, 4) is 6.07 Å². The number of carbonyl (C=O) groups excluding carboxylic acids is 1. The first kappa shape index (κ1) is 18.6. The van der Waals surface area contributed by atoms with Gasteiger partial charge in [0.15, 0.2) is 0 Å². The van der Waals surface area contributed by atoms with Crippen molar-refractivity contribution in [3.63, 3.8) is 0 Å². The third-order valence-corrected chi connectivity index (χ3v) is 4.41. The van der Waals surface area contributed by atoms with E-state index in [-0.39, 0.29) is 5.91 Å². The van der Waals surface area contributed by atoms with E-state index in [1.807, 2.05) is 0 Å². The molecule has 0 fully saturated rings. The van der Waals surface area contributed by atoms with Crippen LogP contribution in [0.3, 0.4) is 0 Å². The van der Waals surface area contributed by atoms with Crippen LogP contribution in [0.5, 0.6) is 0 Å². The van der Waals surface area contributed by atoms with Crippen LogP contribution in [0, 0.1) is 24.1 Å². The number of fused-ring (bicyclic) bond motifs is 1. The van der Waals surface area contributed by atoms with Crippen LogP contribution in [-0.2, 0) is 0 Å². The number of anilines is 1.